The van der Waals surface area contributed by atoms with E-state index in [9.17, 15) is 0 Å². The highest BCUT2D eigenvalue weighted by atomic mass is 16.5. The summed E-state index contributed by atoms with van der Waals surface area (Å²) in [5.41, 5.74) is 8.05. The summed E-state index contributed by atoms with van der Waals surface area (Å²) >= 11 is 0. The van der Waals surface area contributed by atoms with E-state index < -0.39 is 5.60 Å². The number of nitrogens with zero attached hydrogens (tertiary/aromatic N) is 6. The van der Waals surface area contributed by atoms with Crippen LogP contribution in [0.25, 0.3) is 22.6 Å². The molecule has 3 aromatic rings. The van der Waals surface area contributed by atoms with Crippen LogP contribution in [0.2, 0.25) is 0 Å². The number of nitrogens with two attached hydrogens (primary N) is 1. The summed E-state index contributed by atoms with van der Waals surface area (Å²) in [6, 6.07) is 2.41. The first kappa shape index (κ1) is 19.7. The number of anilines is 2. The molecule has 2 N–H and O–H groups in total. The third-order valence-electron chi connectivity index (χ3n) is 7.01. The van der Waals surface area contributed by atoms with E-state index in [-0.39, 0.29) is 0 Å². The van der Waals surface area contributed by atoms with Crippen molar-refractivity contribution in [2.45, 2.75) is 58.2 Å². The van der Waals surface area contributed by atoms with Crippen LogP contribution in [0.15, 0.2) is 12.3 Å². The average molecular weight is 436 g/mol. The van der Waals surface area contributed by atoms with E-state index in [0.717, 1.165) is 47.4 Å². The van der Waals surface area contributed by atoms with E-state index in [1.165, 1.54) is 19.3 Å². The van der Waals surface area contributed by atoms with Crippen molar-refractivity contribution in [2.24, 2.45) is 5.92 Å². The summed E-state index contributed by atoms with van der Waals surface area (Å²) in [5.74, 6) is 4.12. The van der Waals surface area contributed by atoms with Gasteiger partial charge in [-0.25, -0.2) is 19.9 Å². The first-order chi connectivity index (χ1) is 15.4. The molecule has 2 atom stereocenters. The number of nitrogen functional groups attached to an aromatic ring is 1. The fraction of sp³-hybridized carbons (Fsp3) is 0.565. The lowest BCUT2D eigenvalue weighted by Gasteiger charge is -2.30. The second kappa shape index (κ2) is 7.03. The highest BCUT2D eigenvalue weighted by Gasteiger charge is 2.41. The summed E-state index contributed by atoms with van der Waals surface area (Å²) in [5, 5.41) is 0. The van der Waals surface area contributed by atoms with Crippen molar-refractivity contribution in [1.29, 1.82) is 0 Å². The van der Waals surface area contributed by atoms with E-state index in [2.05, 4.69) is 28.3 Å². The van der Waals surface area contributed by atoms with Crippen LogP contribution in [0.5, 0.6) is 5.75 Å². The molecule has 0 aromatic carbocycles. The standard InChI is InChI=1S/C23H29N7O2/c1-4-31-16-10-14(11-25-18(16)24)19-27-20-17(26-22-23(2,3)32-8-7-29(20)22)21(28-19)30-12-13-5-6-15(30)9-13/h10-11,13,15H,4-9,12H2,1-3H3,(H2,24,25). The largest absolute Gasteiger partial charge is 0.490 e. The van der Waals surface area contributed by atoms with Gasteiger partial charge in [0.25, 0.3) is 0 Å². The molecule has 9 heteroatoms. The van der Waals surface area contributed by atoms with Crippen LogP contribution in [0.3, 0.4) is 0 Å². The first-order valence-corrected chi connectivity index (χ1v) is 11.5. The third kappa shape index (κ3) is 2.94. The molecule has 0 amide bonds. The Morgan fingerprint density at radius 2 is 2.12 bits per heavy atom. The molecule has 0 radical (unpaired) electrons. The zero-order valence-electron chi connectivity index (χ0n) is 18.8. The van der Waals surface area contributed by atoms with Gasteiger partial charge in [0.1, 0.15) is 11.4 Å². The van der Waals surface area contributed by atoms with Gasteiger partial charge in [0.15, 0.2) is 34.4 Å². The van der Waals surface area contributed by atoms with E-state index in [4.69, 9.17) is 30.2 Å². The molecule has 3 aliphatic rings. The van der Waals surface area contributed by atoms with Crippen molar-refractivity contribution in [1.82, 2.24) is 24.5 Å². The van der Waals surface area contributed by atoms with E-state index in [1.807, 2.05) is 13.0 Å². The van der Waals surface area contributed by atoms with Gasteiger partial charge in [-0.1, -0.05) is 0 Å². The number of ether oxygens (including phenoxy) is 2. The number of pyridine rings is 1. The van der Waals surface area contributed by atoms with Gasteiger partial charge >= 0.3 is 0 Å². The van der Waals surface area contributed by atoms with Gasteiger partial charge in [-0.15, -0.1) is 0 Å². The van der Waals surface area contributed by atoms with Gasteiger partial charge in [0, 0.05) is 30.9 Å². The second-order valence-corrected chi connectivity index (χ2v) is 9.51. The smallest absolute Gasteiger partial charge is 0.166 e. The van der Waals surface area contributed by atoms with Crippen LogP contribution >= 0.6 is 0 Å². The van der Waals surface area contributed by atoms with Gasteiger partial charge < -0.3 is 24.7 Å². The number of imidazole rings is 1. The van der Waals surface area contributed by atoms with Crippen molar-refractivity contribution >= 4 is 22.8 Å². The summed E-state index contributed by atoms with van der Waals surface area (Å²) < 4.78 is 13.9. The molecule has 1 saturated heterocycles. The maximum atomic E-state index is 6.02. The normalized spacial score (nSPS) is 23.7. The summed E-state index contributed by atoms with van der Waals surface area (Å²) in [4.78, 5) is 21.9. The maximum Gasteiger partial charge on any atom is 0.166 e. The van der Waals surface area contributed by atoms with Crippen LogP contribution in [-0.2, 0) is 16.9 Å². The van der Waals surface area contributed by atoms with E-state index >= 15 is 0 Å². The molecule has 2 unspecified atom stereocenters. The monoisotopic (exact) mass is 435 g/mol. The Hall–Kier alpha value is -2.94. The quantitative estimate of drug-likeness (QED) is 0.667. The molecule has 2 fully saturated rings. The Morgan fingerprint density at radius 1 is 1.25 bits per heavy atom. The third-order valence-corrected chi connectivity index (χ3v) is 7.01. The maximum absolute atomic E-state index is 6.02. The number of piperidine rings is 1. The Bertz CT molecular complexity index is 1200. The van der Waals surface area contributed by atoms with Crippen LogP contribution < -0.4 is 15.4 Å². The van der Waals surface area contributed by atoms with Crippen molar-refractivity contribution in [3.05, 3.63) is 18.1 Å². The first-order valence-electron chi connectivity index (χ1n) is 11.5. The topological polar surface area (TPSA) is 104 Å². The molecule has 0 spiro atoms. The van der Waals surface area contributed by atoms with Crippen LogP contribution in [-0.4, -0.2) is 50.3 Å². The molecule has 6 rings (SSSR count). The Balaban J connectivity index is 1.57. The molecule has 1 saturated carbocycles. The summed E-state index contributed by atoms with van der Waals surface area (Å²) in [7, 11) is 0. The number of hydrogen-bond acceptors (Lipinski definition) is 8. The van der Waals surface area contributed by atoms with Crippen molar-refractivity contribution in [3.8, 4) is 17.1 Å². The second-order valence-electron chi connectivity index (χ2n) is 9.51. The molecule has 2 bridgehead atoms. The highest BCUT2D eigenvalue weighted by molar-refractivity contribution is 5.87. The van der Waals surface area contributed by atoms with E-state index in [0.29, 0.717) is 36.6 Å². The number of rotatable bonds is 4. The van der Waals surface area contributed by atoms with Crippen LogP contribution in [0.1, 0.15) is 45.9 Å². The number of fused-ring (bicyclic) bond motifs is 5. The lowest BCUT2D eigenvalue weighted by Crippen LogP contribution is -2.33. The Morgan fingerprint density at radius 3 is 2.88 bits per heavy atom. The predicted molar refractivity (Wildman–Crippen MR) is 122 cm³/mol. The summed E-state index contributed by atoms with van der Waals surface area (Å²) in [6.45, 7) is 8.96. The van der Waals surface area contributed by atoms with Gasteiger partial charge in [-0.2, -0.15) is 0 Å². The Labute approximate surface area is 187 Å². The molecule has 3 aromatic heterocycles. The summed E-state index contributed by atoms with van der Waals surface area (Å²) in [6.07, 6.45) is 5.48. The molecule has 168 valence electrons. The lowest BCUT2D eigenvalue weighted by atomic mass is 10.1. The minimum absolute atomic E-state index is 0.370. The van der Waals surface area contributed by atoms with Crippen molar-refractivity contribution in [2.75, 3.05) is 30.4 Å². The highest BCUT2D eigenvalue weighted by Crippen LogP contribution is 2.43. The van der Waals surface area contributed by atoms with Gasteiger partial charge in [-0.05, 0) is 52.0 Å². The van der Waals surface area contributed by atoms with Gasteiger partial charge in [-0.3, -0.25) is 0 Å². The molecule has 2 aliphatic heterocycles. The molecule has 32 heavy (non-hydrogen) atoms. The minimum atomic E-state index is -0.467. The van der Waals surface area contributed by atoms with Crippen LogP contribution in [0, 0.1) is 5.92 Å². The molecule has 5 heterocycles. The minimum Gasteiger partial charge on any atom is -0.490 e. The SMILES string of the molecule is CCOc1cc(-c2nc(N3CC4CCC3C4)c3nc4n(c3n2)CCOC4(C)C)cnc1N. The predicted octanol–water partition coefficient (Wildman–Crippen LogP) is 3.12. The molecular weight excluding hydrogens is 406 g/mol. The zero-order chi connectivity index (χ0) is 22.0. The van der Waals surface area contributed by atoms with Crippen LogP contribution in [0.4, 0.5) is 11.6 Å². The Kier molecular flexibility index (Phi) is 4.33. The lowest BCUT2D eigenvalue weighted by molar-refractivity contribution is -0.0530. The number of aromatic nitrogens is 5. The molecule has 1 aliphatic carbocycles. The fourth-order valence-electron chi connectivity index (χ4n) is 5.48. The molecule has 9 nitrogen and oxygen atoms in total. The van der Waals surface area contributed by atoms with Gasteiger partial charge in [0.2, 0.25) is 0 Å². The average Bonchev–Trinajstić information content (AvgIpc) is 3.49. The van der Waals surface area contributed by atoms with Crippen molar-refractivity contribution in [3.63, 3.8) is 0 Å². The molecular formula is C23H29N7O2. The van der Waals surface area contributed by atoms with Crippen molar-refractivity contribution < 1.29 is 9.47 Å². The number of hydrogen-bond donors (Lipinski definition) is 1. The van der Waals surface area contributed by atoms with Gasteiger partial charge in [0.05, 0.1) is 13.2 Å². The zero-order valence-corrected chi connectivity index (χ0v) is 18.8. The fourth-order valence-corrected chi connectivity index (χ4v) is 5.48. The van der Waals surface area contributed by atoms with E-state index in [1.54, 1.807) is 6.20 Å².